The lowest BCUT2D eigenvalue weighted by atomic mass is 10.0. The number of aromatic carboxylic acids is 1. The standard InChI is InChI=1S/2C10H15N.C9H11NO2.CH4/c1-3-9-5-4-8(2)10(6-9)7-11;1-3-9-6-4-5-8(2)10(9)7-11;1-6-2-3-7(9(11)12)4-8(6)5-10;/h2*4-6H,3,7,11H2,1-2H3;2-4H,5,10H2,1H3,(H,11,12);1H4. The monoisotopic (exact) mass is 479 g/mol. The molecule has 0 aliphatic carbocycles. The van der Waals surface area contributed by atoms with E-state index in [-0.39, 0.29) is 7.43 Å². The number of benzene rings is 3. The van der Waals surface area contributed by atoms with E-state index in [1.54, 1.807) is 18.2 Å². The largest absolute Gasteiger partial charge is 0.478 e. The Labute approximate surface area is 212 Å². The number of hydrogen-bond acceptors (Lipinski definition) is 4. The second kappa shape index (κ2) is 16.6. The molecule has 0 aliphatic rings. The van der Waals surface area contributed by atoms with Gasteiger partial charge in [0.05, 0.1) is 5.56 Å². The van der Waals surface area contributed by atoms with Gasteiger partial charge in [-0.1, -0.05) is 63.7 Å². The van der Waals surface area contributed by atoms with Gasteiger partial charge in [0.1, 0.15) is 0 Å². The summed E-state index contributed by atoms with van der Waals surface area (Å²) in [5.74, 6) is -0.912. The maximum atomic E-state index is 10.5. The molecule has 0 atom stereocenters. The van der Waals surface area contributed by atoms with Crippen molar-refractivity contribution in [1.82, 2.24) is 0 Å². The summed E-state index contributed by atoms with van der Waals surface area (Å²) in [5.41, 5.74) is 26.8. The fourth-order valence-corrected chi connectivity index (χ4v) is 3.58. The molecule has 0 unspecified atom stereocenters. The van der Waals surface area contributed by atoms with Gasteiger partial charge in [-0.25, -0.2) is 4.79 Å². The van der Waals surface area contributed by atoms with Crippen LogP contribution >= 0.6 is 0 Å². The summed E-state index contributed by atoms with van der Waals surface area (Å²) in [6.07, 6.45) is 2.17. The zero-order valence-electron chi connectivity index (χ0n) is 21.3. The molecule has 35 heavy (non-hydrogen) atoms. The average molecular weight is 480 g/mol. The minimum absolute atomic E-state index is 0. The molecular weight excluding hydrogens is 434 g/mol. The predicted molar refractivity (Wildman–Crippen MR) is 150 cm³/mol. The van der Waals surface area contributed by atoms with Crippen molar-refractivity contribution in [2.75, 3.05) is 0 Å². The van der Waals surface area contributed by atoms with E-state index in [4.69, 9.17) is 22.3 Å². The zero-order chi connectivity index (χ0) is 25.7. The maximum absolute atomic E-state index is 10.5. The molecule has 0 fully saturated rings. The van der Waals surface area contributed by atoms with E-state index in [1.807, 2.05) is 6.92 Å². The van der Waals surface area contributed by atoms with Crippen LogP contribution in [0, 0.1) is 20.8 Å². The third-order valence-corrected chi connectivity index (χ3v) is 5.95. The Morgan fingerprint density at radius 3 is 1.74 bits per heavy atom. The third-order valence-electron chi connectivity index (χ3n) is 5.95. The molecular formula is C30H45N3O2. The molecule has 192 valence electrons. The van der Waals surface area contributed by atoms with Crippen LogP contribution in [-0.4, -0.2) is 11.1 Å². The Morgan fingerprint density at radius 1 is 0.714 bits per heavy atom. The van der Waals surface area contributed by atoms with Gasteiger partial charge in [-0.15, -0.1) is 0 Å². The molecule has 0 heterocycles. The van der Waals surface area contributed by atoms with E-state index in [0.717, 1.165) is 24.0 Å². The van der Waals surface area contributed by atoms with Crippen LogP contribution < -0.4 is 17.2 Å². The lowest BCUT2D eigenvalue weighted by Crippen LogP contribution is -2.03. The van der Waals surface area contributed by atoms with Crippen LogP contribution in [0.1, 0.15) is 76.1 Å². The molecule has 0 radical (unpaired) electrons. The predicted octanol–water partition coefficient (Wildman–Crippen LogP) is 5.82. The van der Waals surface area contributed by atoms with Crippen molar-refractivity contribution >= 4 is 5.97 Å². The van der Waals surface area contributed by atoms with Gasteiger partial charge in [-0.2, -0.15) is 0 Å². The molecule has 0 aromatic heterocycles. The number of carboxylic acids is 1. The van der Waals surface area contributed by atoms with Gasteiger partial charge < -0.3 is 22.3 Å². The number of carboxylic acid groups (broad SMARTS) is 1. The normalized spacial score (nSPS) is 9.71. The number of nitrogens with two attached hydrogens (primary N) is 3. The quantitative estimate of drug-likeness (QED) is 0.355. The Balaban J connectivity index is 0.000000489. The fraction of sp³-hybridized carbons (Fsp3) is 0.367. The molecule has 0 saturated carbocycles. The van der Waals surface area contributed by atoms with E-state index >= 15 is 0 Å². The Hall–Kier alpha value is -2.99. The highest BCUT2D eigenvalue weighted by Gasteiger charge is 2.04. The van der Waals surface area contributed by atoms with Crippen LogP contribution in [0.25, 0.3) is 0 Å². The SMILES string of the molecule is C.CCc1ccc(C)c(CN)c1.CCc1cccc(C)c1CN.Cc1ccc(C(=O)O)cc1CN. The van der Waals surface area contributed by atoms with Crippen molar-refractivity contribution in [3.8, 4) is 0 Å². The minimum Gasteiger partial charge on any atom is -0.478 e. The summed E-state index contributed by atoms with van der Waals surface area (Å²) in [7, 11) is 0. The molecule has 5 nitrogen and oxygen atoms in total. The molecule has 0 aliphatic heterocycles. The second-order valence-electron chi connectivity index (χ2n) is 8.24. The summed E-state index contributed by atoms with van der Waals surface area (Å²) in [5, 5.41) is 8.65. The van der Waals surface area contributed by atoms with Crippen LogP contribution in [0.15, 0.2) is 54.6 Å². The Kier molecular flexibility index (Phi) is 15.2. The maximum Gasteiger partial charge on any atom is 0.335 e. The third kappa shape index (κ3) is 10.0. The lowest BCUT2D eigenvalue weighted by Gasteiger charge is -2.07. The summed E-state index contributed by atoms with van der Waals surface area (Å²) >= 11 is 0. The first-order chi connectivity index (χ1) is 16.2. The van der Waals surface area contributed by atoms with Crippen molar-refractivity contribution in [2.24, 2.45) is 17.2 Å². The summed E-state index contributed by atoms with van der Waals surface area (Å²) in [6, 6.07) is 17.8. The summed E-state index contributed by atoms with van der Waals surface area (Å²) in [6.45, 7) is 12.1. The van der Waals surface area contributed by atoms with Crippen molar-refractivity contribution in [3.05, 3.63) is 105 Å². The molecule has 0 spiro atoms. The van der Waals surface area contributed by atoms with E-state index < -0.39 is 5.97 Å². The average Bonchev–Trinajstić information content (AvgIpc) is 2.85. The minimum atomic E-state index is -0.912. The first-order valence-electron chi connectivity index (χ1n) is 11.8. The first-order valence-corrected chi connectivity index (χ1v) is 11.8. The van der Waals surface area contributed by atoms with Gasteiger partial charge in [-0.05, 0) is 90.3 Å². The van der Waals surface area contributed by atoms with Gasteiger partial charge >= 0.3 is 5.97 Å². The molecule has 3 rings (SSSR count). The van der Waals surface area contributed by atoms with Crippen LogP contribution in [-0.2, 0) is 32.5 Å². The Morgan fingerprint density at radius 2 is 1.29 bits per heavy atom. The Bertz CT molecular complexity index is 1060. The number of rotatable bonds is 6. The highest BCUT2D eigenvalue weighted by molar-refractivity contribution is 5.87. The first kappa shape index (κ1) is 32.0. The van der Waals surface area contributed by atoms with Gasteiger partial charge in [0.25, 0.3) is 0 Å². The van der Waals surface area contributed by atoms with Gasteiger partial charge in [-0.3, -0.25) is 0 Å². The number of aryl methyl sites for hydroxylation is 5. The highest BCUT2D eigenvalue weighted by Crippen LogP contribution is 2.14. The topological polar surface area (TPSA) is 115 Å². The molecule has 3 aromatic carbocycles. The van der Waals surface area contributed by atoms with Crippen molar-refractivity contribution in [2.45, 2.75) is 74.5 Å². The van der Waals surface area contributed by atoms with E-state index in [2.05, 4.69) is 64.1 Å². The van der Waals surface area contributed by atoms with E-state index in [9.17, 15) is 4.79 Å². The second-order valence-corrected chi connectivity index (χ2v) is 8.24. The summed E-state index contributed by atoms with van der Waals surface area (Å²) in [4.78, 5) is 10.5. The fourth-order valence-electron chi connectivity index (χ4n) is 3.58. The van der Waals surface area contributed by atoms with Crippen molar-refractivity contribution in [1.29, 1.82) is 0 Å². The molecule has 7 N–H and O–H groups in total. The lowest BCUT2D eigenvalue weighted by molar-refractivity contribution is 0.0696. The van der Waals surface area contributed by atoms with E-state index in [1.165, 1.54) is 33.4 Å². The van der Waals surface area contributed by atoms with Crippen LogP contribution in [0.3, 0.4) is 0 Å². The molecule has 5 heteroatoms. The van der Waals surface area contributed by atoms with Crippen LogP contribution in [0.4, 0.5) is 0 Å². The van der Waals surface area contributed by atoms with Crippen molar-refractivity contribution in [3.63, 3.8) is 0 Å². The van der Waals surface area contributed by atoms with Gasteiger partial charge in [0.15, 0.2) is 0 Å². The van der Waals surface area contributed by atoms with E-state index in [0.29, 0.717) is 25.2 Å². The zero-order valence-corrected chi connectivity index (χ0v) is 21.3. The molecule has 0 amide bonds. The molecule has 0 bridgehead atoms. The van der Waals surface area contributed by atoms with Gasteiger partial charge in [0.2, 0.25) is 0 Å². The molecule has 0 saturated heterocycles. The number of carbonyl (C=O) groups is 1. The number of hydrogen-bond donors (Lipinski definition) is 4. The molecule has 3 aromatic rings. The highest BCUT2D eigenvalue weighted by atomic mass is 16.4. The summed E-state index contributed by atoms with van der Waals surface area (Å²) < 4.78 is 0. The van der Waals surface area contributed by atoms with Crippen molar-refractivity contribution < 1.29 is 9.90 Å². The smallest absolute Gasteiger partial charge is 0.335 e. The van der Waals surface area contributed by atoms with Gasteiger partial charge in [0, 0.05) is 19.6 Å². The van der Waals surface area contributed by atoms with Crippen LogP contribution in [0.2, 0.25) is 0 Å². The van der Waals surface area contributed by atoms with Crippen LogP contribution in [0.5, 0.6) is 0 Å².